The largest absolute Gasteiger partial charge is 0.379 e. The first-order valence-corrected chi connectivity index (χ1v) is 6.28. The highest BCUT2D eigenvalue weighted by Crippen LogP contribution is 2.22. The molecule has 0 amide bonds. The molecule has 19 heavy (non-hydrogen) atoms. The first kappa shape index (κ1) is 13.1. The Morgan fingerprint density at radius 2 is 1.68 bits per heavy atom. The van der Waals surface area contributed by atoms with Gasteiger partial charge in [-0.3, -0.25) is 10.1 Å². The molecule has 0 radical (unpaired) electrons. The molecule has 0 aliphatic rings. The molecule has 2 aromatic carbocycles. The van der Waals surface area contributed by atoms with Crippen molar-refractivity contribution in [1.29, 1.82) is 0 Å². The molecule has 98 valence electrons. The summed E-state index contributed by atoms with van der Waals surface area (Å²) in [5.74, 6) is 0. The Morgan fingerprint density at radius 3 is 2.42 bits per heavy atom. The van der Waals surface area contributed by atoms with E-state index in [0.29, 0.717) is 5.69 Å². The molecule has 0 atom stereocenters. The summed E-state index contributed by atoms with van der Waals surface area (Å²) in [7, 11) is 0. The van der Waals surface area contributed by atoms with E-state index >= 15 is 0 Å². The van der Waals surface area contributed by atoms with Gasteiger partial charge in [0.2, 0.25) is 0 Å². The van der Waals surface area contributed by atoms with Gasteiger partial charge in [-0.25, -0.2) is 0 Å². The van der Waals surface area contributed by atoms with Crippen LogP contribution in [0.4, 0.5) is 11.4 Å². The number of benzene rings is 2. The van der Waals surface area contributed by atoms with Gasteiger partial charge in [-0.15, -0.1) is 0 Å². The van der Waals surface area contributed by atoms with Gasteiger partial charge >= 0.3 is 0 Å². The lowest BCUT2D eigenvalue weighted by atomic mass is 10.1. The normalized spacial score (nSPS) is 10.1. The first-order chi connectivity index (χ1) is 9.27. The molecule has 4 heteroatoms. The summed E-state index contributed by atoms with van der Waals surface area (Å²) in [5.41, 5.74) is 2.00. The topological polar surface area (TPSA) is 55.2 Å². The molecule has 0 saturated carbocycles. The Hall–Kier alpha value is -2.36. The quantitative estimate of drug-likeness (QED) is 0.487. The molecule has 0 unspecified atom stereocenters. The average molecular weight is 256 g/mol. The van der Waals surface area contributed by atoms with Crippen LogP contribution in [0.3, 0.4) is 0 Å². The summed E-state index contributed by atoms with van der Waals surface area (Å²) in [6.45, 7) is 0.722. The Kier molecular flexibility index (Phi) is 4.50. The predicted molar refractivity (Wildman–Crippen MR) is 76.3 cm³/mol. The number of nitro benzene ring substituents is 1. The highest BCUT2D eigenvalue weighted by molar-refractivity contribution is 5.60. The SMILES string of the molecule is O=[N+]([O-])c1ccccc1NCCCc1ccccc1. The third-order valence-electron chi connectivity index (χ3n) is 2.90. The van der Waals surface area contributed by atoms with Crippen LogP contribution in [0, 0.1) is 10.1 Å². The molecule has 0 spiro atoms. The van der Waals surface area contributed by atoms with Gasteiger partial charge in [0.25, 0.3) is 5.69 Å². The minimum atomic E-state index is -0.362. The van der Waals surface area contributed by atoms with E-state index in [2.05, 4.69) is 17.4 Å². The van der Waals surface area contributed by atoms with Crippen molar-refractivity contribution in [3.63, 3.8) is 0 Å². The Labute approximate surface area is 112 Å². The number of anilines is 1. The van der Waals surface area contributed by atoms with E-state index in [-0.39, 0.29) is 10.6 Å². The molecule has 0 saturated heterocycles. The molecular weight excluding hydrogens is 240 g/mol. The third-order valence-corrected chi connectivity index (χ3v) is 2.90. The minimum absolute atomic E-state index is 0.127. The van der Waals surface area contributed by atoms with Gasteiger partial charge in [-0.1, -0.05) is 42.5 Å². The van der Waals surface area contributed by atoms with E-state index in [1.54, 1.807) is 18.2 Å². The zero-order valence-corrected chi connectivity index (χ0v) is 10.6. The summed E-state index contributed by atoms with van der Waals surface area (Å²) in [6.07, 6.45) is 1.91. The second-order valence-electron chi connectivity index (χ2n) is 4.29. The van der Waals surface area contributed by atoms with Gasteiger partial charge in [0.15, 0.2) is 0 Å². The highest BCUT2D eigenvalue weighted by Gasteiger charge is 2.10. The number of aryl methyl sites for hydroxylation is 1. The van der Waals surface area contributed by atoms with Crippen molar-refractivity contribution in [3.05, 3.63) is 70.3 Å². The second-order valence-corrected chi connectivity index (χ2v) is 4.29. The fourth-order valence-electron chi connectivity index (χ4n) is 1.94. The number of para-hydroxylation sites is 2. The lowest BCUT2D eigenvalue weighted by molar-refractivity contribution is -0.384. The number of hydrogen-bond donors (Lipinski definition) is 1. The Bertz CT molecular complexity index is 541. The van der Waals surface area contributed by atoms with Gasteiger partial charge < -0.3 is 5.32 Å². The number of hydrogen-bond acceptors (Lipinski definition) is 3. The predicted octanol–water partition coefficient (Wildman–Crippen LogP) is 3.64. The van der Waals surface area contributed by atoms with Gasteiger partial charge in [0.05, 0.1) is 4.92 Å². The molecule has 0 heterocycles. The van der Waals surface area contributed by atoms with E-state index in [1.807, 2.05) is 18.2 Å². The summed E-state index contributed by atoms with van der Waals surface area (Å²) in [5, 5.41) is 14.0. The van der Waals surface area contributed by atoms with Gasteiger partial charge in [0, 0.05) is 12.6 Å². The van der Waals surface area contributed by atoms with E-state index in [0.717, 1.165) is 19.4 Å². The van der Waals surface area contributed by atoms with E-state index in [1.165, 1.54) is 11.6 Å². The standard InChI is InChI=1S/C15H16N2O2/c18-17(19)15-11-5-4-10-14(15)16-12-6-9-13-7-2-1-3-8-13/h1-5,7-8,10-11,16H,6,9,12H2. The fourth-order valence-corrected chi connectivity index (χ4v) is 1.94. The number of nitro groups is 1. The molecular formula is C15H16N2O2. The van der Waals surface area contributed by atoms with E-state index in [9.17, 15) is 10.1 Å². The van der Waals surface area contributed by atoms with Crippen molar-refractivity contribution in [2.24, 2.45) is 0 Å². The average Bonchev–Trinajstić information content (AvgIpc) is 2.45. The number of rotatable bonds is 6. The smallest absolute Gasteiger partial charge is 0.292 e. The molecule has 0 fully saturated rings. The Morgan fingerprint density at radius 1 is 1.00 bits per heavy atom. The second kappa shape index (κ2) is 6.54. The first-order valence-electron chi connectivity index (χ1n) is 6.28. The molecule has 2 rings (SSSR count). The van der Waals surface area contributed by atoms with Crippen molar-refractivity contribution in [2.75, 3.05) is 11.9 Å². The zero-order chi connectivity index (χ0) is 13.5. The molecule has 1 N–H and O–H groups in total. The number of nitrogens with zero attached hydrogens (tertiary/aromatic N) is 1. The van der Waals surface area contributed by atoms with Crippen molar-refractivity contribution in [3.8, 4) is 0 Å². The molecule has 0 bridgehead atoms. The van der Waals surface area contributed by atoms with Crippen molar-refractivity contribution < 1.29 is 4.92 Å². The molecule has 4 nitrogen and oxygen atoms in total. The molecule has 2 aromatic rings. The molecule has 0 aliphatic carbocycles. The van der Waals surface area contributed by atoms with Crippen molar-refractivity contribution in [1.82, 2.24) is 0 Å². The summed E-state index contributed by atoms with van der Waals surface area (Å²) < 4.78 is 0. The van der Waals surface area contributed by atoms with Crippen LogP contribution in [0.2, 0.25) is 0 Å². The van der Waals surface area contributed by atoms with Gasteiger partial charge in [-0.2, -0.15) is 0 Å². The van der Waals surface area contributed by atoms with E-state index < -0.39 is 0 Å². The van der Waals surface area contributed by atoms with Crippen LogP contribution < -0.4 is 5.32 Å². The summed E-state index contributed by atoms with van der Waals surface area (Å²) in [4.78, 5) is 10.5. The van der Waals surface area contributed by atoms with Crippen LogP contribution in [0.25, 0.3) is 0 Å². The van der Waals surface area contributed by atoms with Crippen molar-refractivity contribution in [2.45, 2.75) is 12.8 Å². The zero-order valence-electron chi connectivity index (χ0n) is 10.6. The summed E-state index contributed by atoms with van der Waals surface area (Å²) in [6, 6.07) is 16.9. The van der Waals surface area contributed by atoms with Crippen LogP contribution in [-0.4, -0.2) is 11.5 Å². The highest BCUT2D eigenvalue weighted by atomic mass is 16.6. The fraction of sp³-hybridized carbons (Fsp3) is 0.200. The Balaban J connectivity index is 1.85. The maximum Gasteiger partial charge on any atom is 0.292 e. The van der Waals surface area contributed by atoms with Gasteiger partial charge in [-0.05, 0) is 24.5 Å². The minimum Gasteiger partial charge on any atom is -0.379 e. The molecule has 0 aliphatic heterocycles. The van der Waals surface area contributed by atoms with Gasteiger partial charge in [0.1, 0.15) is 5.69 Å². The van der Waals surface area contributed by atoms with Crippen LogP contribution in [-0.2, 0) is 6.42 Å². The van der Waals surface area contributed by atoms with E-state index in [4.69, 9.17) is 0 Å². The van der Waals surface area contributed by atoms with Crippen LogP contribution in [0.1, 0.15) is 12.0 Å². The molecule has 0 aromatic heterocycles. The van der Waals surface area contributed by atoms with Crippen LogP contribution >= 0.6 is 0 Å². The third kappa shape index (κ3) is 3.81. The lowest BCUT2D eigenvalue weighted by Gasteiger charge is -2.06. The van der Waals surface area contributed by atoms with Crippen LogP contribution in [0.5, 0.6) is 0 Å². The van der Waals surface area contributed by atoms with Crippen molar-refractivity contribution >= 4 is 11.4 Å². The summed E-state index contributed by atoms with van der Waals surface area (Å²) >= 11 is 0. The maximum absolute atomic E-state index is 10.8. The number of nitrogens with one attached hydrogen (secondary N) is 1. The lowest BCUT2D eigenvalue weighted by Crippen LogP contribution is -2.05. The monoisotopic (exact) mass is 256 g/mol. The van der Waals surface area contributed by atoms with Crippen LogP contribution in [0.15, 0.2) is 54.6 Å². The maximum atomic E-state index is 10.8.